The third-order valence-electron chi connectivity index (χ3n) is 3.37. The van der Waals surface area contributed by atoms with Crippen molar-refractivity contribution in [2.24, 2.45) is 11.1 Å². The third kappa shape index (κ3) is 5.91. The molecule has 1 amide bonds. The summed E-state index contributed by atoms with van der Waals surface area (Å²) in [5.74, 6) is -0.547. The lowest BCUT2D eigenvalue weighted by molar-refractivity contribution is -0.140. The van der Waals surface area contributed by atoms with Gasteiger partial charge in [0, 0.05) is 6.42 Å². The first-order chi connectivity index (χ1) is 7.87. The lowest BCUT2D eigenvalue weighted by Gasteiger charge is -2.35. The molecule has 1 rings (SSSR count). The molecule has 18 heavy (non-hydrogen) atoms. The highest BCUT2D eigenvalue weighted by molar-refractivity contribution is 5.85. The van der Waals surface area contributed by atoms with Crippen LogP contribution in [0.3, 0.4) is 0 Å². The van der Waals surface area contributed by atoms with Crippen molar-refractivity contribution in [3.63, 3.8) is 0 Å². The van der Waals surface area contributed by atoms with Gasteiger partial charge < -0.3 is 11.1 Å². The average Bonchev–Trinajstić information content (AvgIpc) is 2.27. The second kappa shape index (κ2) is 7.19. The lowest BCUT2D eigenvalue weighted by atomic mass is 9.71. The van der Waals surface area contributed by atoms with Crippen molar-refractivity contribution in [1.29, 1.82) is 0 Å². The number of hydrogen-bond donors (Lipinski definition) is 2. The van der Waals surface area contributed by atoms with E-state index in [1.165, 1.54) is 0 Å². The second-order valence-corrected chi connectivity index (χ2v) is 4.83. The molecule has 0 aromatic carbocycles. The standard InChI is InChI=1S/C11H19F3N2O.ClH/c12-11(13,14)8-16-9(17)6-10(7-15)4-2-1-3-5-10;/h1-8,15H2,(H,16,17);1H. The van der Waals surface area contributed by atoms with Crippen LogP contribution in [-0.2, 0) is 4.79 Å². The van der Waals surface area contributed by atoms with E-state index in [-0.39, 0.29) is 24.2 Å². The summed E-state index contributed by atoms with van der Waals surface area (Å²) in [6, 6.07) is 0. The SMILES string of the molecule is Cl.NCC1(CC(=O)NCC(F)(F)F)CCCCC1. The van der Waals surface area contributed by atoms with Gasteiger partial charge in [-0.15, -0.1) is 12.4 Å². The van der Waals surface area contributed by atoms with E-state index in [1.807, 2.05) is 5.32 Å². The van der Waals surface area contributed by atoms with E-state index in [0.717, 1.165) is 32.1 Å². The number of carbonyl (C=O) groups excluding carboxylic acids is 1. The fraction of sp³-hybridized carbons (Fsp3) is 0.909. The van der Waals surface area contributed by atoms with Crippen molar-refractivity contribution in [2.75, 3.05) is 13.1 Å². The summed E-state index contributed by atoms with van der Waals surface area (Å²) in [4.78, 5) is 11.5. The zero-order chi connectivity index (χ0) is 12.9. The van der Waals surface area contributed by atoms with Gasteiger partial charge in [-0.05, 0) is 24.8 Å². The van der Waals surface area contributed by atoms with Crippen LogP contribution in [0.15, 0.2) is 0 Å². The Hall–Kier alpha value is -0.490. The van der Waals surface area contributed by atoms with Crippen LogP contribution in [0, 0.1) is 5.41 Å². The van der Waals surface area contributed by atoms with Crippen LogP contribution in [-0.4, -0.2) is 25.2 Å². The molecule has 108 valence electrons. The zero-order valence-electron chi connectivity index (χ0n) is 10.2. The van der Waals surface area contributed by atoms with Crippen LogP contribution in [0.4, 0.5) is 13.2 Å². The molecule has 3 nitrogen and oxygen atoms in total. The molecule has 7 heteroatoms. The van der Waals surface area contributed by atoms with E-state index in [0.29, 0.717) is 6.54 Å². The molecule has 1 aliphatic carbocycles. The van der Waals surface area contributed by atoms with Gasteiger partial charge in [0.2, 0.25) is 5.91 Å². The number of nitrogens with one attached hydrogen (secondary N) is 1. The molecule has 0 aliphatic heterocycles. The fourth-order valence-electron chi connectivity index (χ4n) is 2.36. The van der Waals surface area contributed by atoms with Crippen molar-refractivity contribution >= 4 is 18.3 Å². The van der Waals surface area contributed by atoms with Crippen LogP contribution in [0.2, 0.25) is 0 Å². The maximum Gasteiger partial charge on any atom is 0.405 e. The first-order valence-electron chi connectivity index (χ1n) is 5.90. The van der Waals surface area contributed by atoms with Gasteiger partial charge in [0.05, 0.1) is 0 Å². The van der Waals surface area contributed by atoms with Gasteiger partial charge in [-0.1, -0.05) is 19.3 Å². The highest BCUT2D eigenvalue weighted by Gasteiger charge is 2.34. The number of carbonyl (C=O) groups is 1. The number of rotatable bonds is 4. The molecule has 1 saturated carbocycles. The number of nitrogens with two attached hydrogens (primary N) is 1. The van der Waals surface area contributed by atoms with E-state index < -0.39 is 18.6 Å². The van der Waals surface area contributed by atoms with Gasteiger partial charge in [0.1, 0.15) is 6.54 Å². The molecule has 0 bridgehead atoms. The molecule has 0 saturated heterocycles. The molecule has 0 aromatic heterocycles. The highest BCUT2D eigenvalue weighted by atomic mass is 35.5. The molecule has 1 fully saturated rings. The summed E-state index contributed by atoms with van der Waals surface area (Å²) in [5.41, 5.74) is 5.38. The monoisotopic (exact) mass is 288 g/mol. The van der Waals surface area contributed by atoms with E-state index in [4.69, 9.17) is 5.73 Å². The predicted molar refractivity (Wildman–Crippen MR) is 65.5 cm³/mol. The van der Waals surface area contributed by atoms with E-state index >= 15 is 0 Å². The molecular weight excluding hydrogens is 269 g/mol. The maximum atomic E-state index is 11.9. The van der Waals surface area contributed by atoms with Crippen LogP contribution in [0.5, 0.6) is 0 Å². The zero-order valence-corrected chi connectivity index (χ0v) is 11.0. The molecule has 1 aliphatic rings. The predicted octanol–water partition coefficient (Wildman–Crippen LogP) is 2.39. The Morgan fingerprint density at radius 3 is 2.22 bits per heavy atom. The Morgan fingerprint density at radius 2 is 1.78 bits per heavy atom. The van der Waals surface area contributed by atoms with Crippen molar-refractivity contribution in [3.8, 4) is 0 Å². The molecular formula is C11H20ClF3N2O. The normalized spacial score (nSPS) is 18.9. The summed E-state index contributed by atoms with van der Waals surface area (Å²) < 4.78 is 35.8. The molecule has 0 radical (unpaired) electrons. The Labute approximate surface area is 111 Å². The average molecular weight is 289 g/mol. The summed E-state index contributed by atoms with van der Waals surface area (Å²) in [6.45, 7) is -0.890. The largest absolute Gasteiger partial charge is 0.405 e. The minimum absolute atomic E-state index is 0. The quantitative estimate of drug-likeness (QED) is 0.834. The van der Waals surface area contributed by atoms with Crippen LogP contribution in [0.25, 0.3) is 0 Å². The fourth-order valence-corrected chi connectivity index (χ4v) is 2.36. The molecule has 3 N–H and O–H groups in total. The summed E-state index contributed by atoms with van der Waals surface area (Å²) in [6.07, 6.45) is 0.559. The van der Waals surface area contributed by atoms with Crippen molar-refractivity contribution < 1.29 is 18.0 Å². The second-order valence-electron chi connectivity index (χ2n) is 4.83. The van der Waals surface area contributed by atoms with Gasteiger partial charge in [-0.25, -0.2) is 0 Å². The van der Waals surface area contributed by atoms with Gasteiger partial charge in [-0.2, -0.15) is 13.2 Å². The minimum atomic E-state index is -4.35. The number of hydrogen-bond acceptors (Lipinski definition) is 2. The minimum Gasteiger partial charge on any atom is -0.347 e. The Kier molecular flexibility index (Phi) is 6.99. The molecule has 0 unspecified atom stereocenters. The van der Waals surface area contributed by atoms with Crippen molar-refractivity contribution in [1.82, 2.24) is 5.32 Å². The van der Waals surface area contributed by atoms with Crippen molar-refractivity contribution in [3.05, 3.63) is 0 Å². The number of halogens is 4. The van der Waals surface area contributed by atoms with Gasteiger partial charge >= 0.3 is 6.18 Å². The van der Waals surface area contributed by atoms with Gasteiger partial charge in [0.15, 0.2) is 0 Å². The van der Waals surface area contributed by atoms with Gasteiger partial charge in [0.25, 0.3) is 0 Å². The van der Waals surface area contributed by atoms with Crippen LogP contribution in [0.1, 0.15) is 38.5 Å². The third-order valence-corrected chi connectivity index (χ3v) is 3.37. The number of alkyl halides is 3. The molecule has 0 aromatic rings. The highest BCUT2D eigenvalue weighted by Crippen LogP contribution is 2.38. The number of amides is 1. The molecule has 0 heterocycles. The lowest BCUT2D eigenvalue weighted by Crippen LogP contribution is -2.41. The van der Waals surface area contributed by atoms with Crippen LogP contribution >= 0.6 is 12.4 Å². The molecule has 0 atom stereocenters. The Morgan fingerprint density at radius 1 is 1.22 bits per heavy atom. The van der Waals surface area contributed by atoms with Gasteiger partial charge in [-0.3, -0.25) is 4.79 Å². The first kappa shape index (κ1) is 17.5. The van der Waals surface area contributed by atoms with E-state index in [1.54, 1.807) is 0 Å². The van der Waals surface area contributed by atoms with E-state index in [9.17, 15) is 18.0 Å². The first-order valence-corrected chi connectivity index (χ1v) is 5.90. The smallest absolute Gasteiger partial charge is 0.347 e. The summed E-state index contributed by atoms with van der Waals surface area (Å²) >= 11 is 0. The molecule has 0 spiro atoms. The van der Waals surface area contributed by atoms with Crippen molar-refractivity contribution in [2.45, 2.75) is 44.7 Å². The topological polar surface area (TPSA) is 55.1 Å². The maximum absolute atomic E-state index is 11.9. The van der Waals surface area contributed by atoms with Crippen LogP contribution < -0.4 is 11.1 Å². The van der Waals surface area contributed by atoms with E-state index in [2.05, 4.69) is 0 Å². The Bertz CT molecular complexity index is 266. The Balaban J connectivity index is 0.00000289. The summed E-state index contributed by atoms with van der Waals surface area (Å²) in [5, 5.41) is 1.91. The summed E-state index contributed by atoms with van der Waals surface area (Å²) in [7, 11) is 0.